The van der Waals surface area contributed by atoms with Gasteiger partial charge in [-0.15, -0.1) is 11.3 Å². The first kappa shape index (κ1) is 14.4. The molecule has 1 aromatic carbocycles. The summed E-state index contributed by atoms with van der Waals surface area (Å²) in [5, 5.41) is 1.87. The van der Waals surface area contributed by atoms with Gasteiger partial charge in [0.2, 0.25) is 0 Å². The second-order valence-electron chi connectivity index (χ2n) is 5.86. The lowest BCUT2D eigenvalue weighted by Crippen LogP contribution is -2.31. The van der Waals surface area contributed by atoms with Crippen LogP contribution in [0.2, 0.25) is 0 Å². The number of aromatic nitrogens is 2. The molecule has 3 aromatic rings. The Hall–Kier alpha value is -2.21. The van der Waals surface area contributed by atoms with Gasteiger partial charge in [0.05, 0.1) is 12.1 Å². The topological polar surface area (TPSA) is 49.0 Å². The summed E-state index contributed by atoms with van der Waals surface area (Å²) < 4.78 is 14.7. The van der Waals surface area contributed by atoms with Crippen LogP contribution in [0.5, 0.6) is 0 Å². The van der Waals surface area contributed by atoms with Crippen LogP contribution >= 0.6 is 11.3 Å². The summed E-state index contributed by atoms with van der Waals surface area (Å²) in [7, 11) is 0. The first-order valence-corrected chi connectivity index (χ1v) is 8.51. The van der Waals surface area contributed by atoms with Gasteiger partial charge < -0.3 is 9.88 Å². The number of anilines is 1. The second kappa shape index (κ2) is 5.45. The van der Waals surface area contributed by atoms with Crippen LogP contribution in [-0.2, 0) is 13.0 Å². The summed E-state index contributed by atoms with van der Waals surface area (Å²) in [5.41, 5.74) is 3.40. The molecule has 3 heterocycles. The van der Waals surface area contributed by atoms with E-state index in [-0.39, 0.29) is 11.4 Å². The third kappa shape index (κ3) is 2.43. The number of benzene rings is 1. The Kier molecular flexibility index (Phi) is 3.41. The second-order valence-corrected chi connectivity index (χ2v) is 6.78. The van der Waals surface area contributed by atoms with E-state index in [9.17, 15) is 9.18 Å². The first-order chi connectivity index (χ1) is 11.1. The van der Waals surface area contributed by atoms with Crippen molar-refractivity contribution < 1.29 is 4.39 Å². The van der Waals surface area contributed by atoms with Gasteiger partial charge in [0.25, 0.3) is 5.56 Å². The average molecular weight is 329 g/mol. The third-order valence-corrected chi connectivity index (χ3v) is 5.21. The highest BCUT2D eigenvalue weighted by Crippen LogP contribution is 2.33. The molecule has 1 aliphatic rings. The number of halogens is 1. The Labute approximate surface area is 136 Å². The minimum Gasteiger partial charge on any atom is -0.364 e. The van der Waals surface area contributed by atoms with Gasteiger partial charge in [-0.1, -0.05) is 6.07 Å². The first-order valence-electron chi connectivity index (χ1n) is 7.63. The van der Waals surface area contributed by atoms with E-state index in [0.717, 1.165) is 41.7 Å². The molecule has 0 saturated heterocycles. The molecule has 0 bridgehead atoms. The largest absolute Gasteiger partial charge is 0.364 e. The molecule has 0 amide bonds. The zero-order chi connectivity index (χ0) is 16.0. The van der Waals surface area contributed by atoms with Crippen LogP contribution in [0.3, 0.4) is 0 Å². The number of thiophene rings is 1. The van der Waals surface area contributed by atoms with Gasteiger partial charge in [-0.2, -0.15) is 0 Å². The molecule has 0 spiro atoms. The number of hydrogen-bond acceptors (Lipinski definition) is 4. The highest BCUT2D eigenvalue weighted by molar-refractivity contribution is 7.17. The molecule has 1 N–H and O–H groups in total. The van der Waals surface area contributed by atoms with E-state index in [1.54, 1.807) is 0 Å². The van der Waals surface area contributed by atoms with E-state index in [1.165, 1.54) is 17.4 Å². The molecule has 0 aliphatic carbocycles. The van der Waals surface area contributed by atoms with E-state index >= 15 is 0 Å². The lowest BCUT2D eigenvalue weighted by molar-refractivity contribution is 0.583. The zero-order valence-corrected chi connectivity index (χ0v) is 13.5. The van der Waals surface area contributed by atoms with E-state index in [4.69, 9.17) is 0 Å². The average Bonchev–Trinajstić information content (AvgIpc) is 3.00. The monoisotopic (exact) mass is 329 g/mol. The number of aromatic amines is 1. The molecule has 6 heteroatoms. The molecule has 4 nitrogen and oxygen atoms in total. The van der Waals surface area contributed by atoms with Crippen LogP contribution < -0.4 is 10.5 Å². The Bertz CT molecular complexity index is 947. The molecule has 2 aromatic heterocycles. The van der Waals surface area contributed by atoms with Crippen LogP contribution in [0, 0.1) is 12.7 Å². The molecule has 0 fully saturated rings. The third-order valence-electron chi connectivity index (χ3n) is 4.30. The van der Waals surface area contributed by atoms with Crippen molar-refractivity contribution in [3.63, 3.8) is 0 Å². The summed E-state index contributed by atoms with van der Waals surface area (Å²) in [6, 6.07) is 5.20. The lowest BCUT2D eigenvalue weighted by atomic mass is 9.97. The zero-order valence-electron chi connectivity index (χ0n) is 12.7. The van der Waals surface area contributed by atoms with Gasteiger partial charge in [-0.25, -0.2) is 9.37 Å². The summed E-state index contributed by atoms with van der Waals surface area (Å²) in [4.78, 5) is 21.6. The number of H-pyrrole nitrogens is 1. The van der Waals surface area contributed by atoms with Crippen LogP contribution in [0.25, 0.3) is 10.2 Å². The van der Waals surface area contributed by atoms with Crippen molar-refractivity contribution in [2.75, 3.05) is 11.4 Å². The number of nitrogens with one attached hydrogen (secondary N) is 1. The van der Waals surface area contributed by atoms with E-state index < -0.39 is 0 Å². The number of nitrogens with zero attached hydrogens (tertiary/aromatic N) is 2. The fraction of sp³-hybridized carbons (Fsp3) is 0.294. The summed E-state index contributed by atoms with van der Waals surface area (Å²) in [5.74, 6) is 0.474. The van der Waals surface area contributed by atoms with E-state index in [1.807, 2.05) is 24.4 Å². The van der Waals surface area contributed by atoms with E-state index in [0.29, 0.717) is 17.1 Å². The molecule has 0 saturated carbocycles. The van der Waals surface area contributed by atoms with Gasteiger partial charge in [-0.05, 0) is 42.8 Å². The Morgan fingerprint density at radius 2 is 2.26 bits per heavy atom. The summed E-state index contributed by atoms with van der Waals surface area (Å²) >= 11 is 1.39. The highest BCUT2D eigenvalue weighted by Gasteiger charge is 2.22. The normalized spacial score (nSPS) is 14.3. The molecule has 0 unspecified atom stereocenters. The number of fused-ring (bicyclic) bond motifs is 2. The van der Waals surface area contributed by atoms with E-state index in [2.05, 4.69) is 14.9 Å². The highest BCUT2D eigenvalue weighted by atomic mass is 32.1. The number of rotatable bonds is 2. The molecule has 0 atom stereocenters. The van der Waals surface area contributed by atoms with Crippen molar-refractivity contribution in [2.24, 2.45) is 0 Å². The minimum absolute atomic E-state index is 0.104. The summed E-state index contributed by atoms with van der Waals surface area (Å²) in [6.07, 6.45) is 1.66. The van der Waals surface area contributed by atoms with Crippen molar-refractivity contribution in [3.8, 4) is 0 Å². The maximum Gasteiger partial charge on any atom is 0.268 e. The molecule has 4 rings (SSSR count). The SMILES string of the molecule is Cc1ccc(F)c2c1N(Cc1nc3ccsc3c(=O)[nH]1)CCC2. The van der Waals surface area contributed by atoms with Crippen molar-refractivity contribution >= 4 is 27.2 Å². The van der Waals surface area contributed by atoms with Crippen molar-refractivity contribution in [1.29, 1.82) is 0 Å². The molecular weight excluding hydrogens is 313 g/mol. The van der Waals surface area contributed by atoms with Crippen molar-refractivity contribution in [2.45, 2.75) is 26.3 Å². The van der Waals surface area contributed by atoms with Gasteiger partial charge in [0.15, 0.2) is 0 Å². The van der Waals surface area contributed by atoms with Crippen LogP contribution in [0.1, 0.15) is 23.4 Å². The van der Waals surface area contributed by atoms with Gasteiger partial charge in [0.1, 0.15) is 16.3 Å². The van der Waals surface area contributed by atoms with Crippen molar-refractivity contribution in [1.82, 2.24) is 9.97 Å². The van der Waals surface area contributed by atoms with Gasteiger partial charge >= 0.3 is 0 Å². The predicted octanol–water partition coefficient (Wildman–Crippen LogP) is 3.38. The fourth-order valence-corrected chi connectivity index (χ4v) is 4.03. The van der Waals surface area contributed by atoms with Gasteiger partial charge in [-0.3, -0.25) is 4.79 Å². The Morgan fingerprint density at radius 3 is 3.13 bits per heavy atom. The Balaban J connectivity index is 1.75. The maximum atomic E-state index is 14.1. The standard InChI is InChI=1S/C17H16FN3OS/c1-10-4-5-12(18)11-3-2-7-21(15(10)11)9-14-19-13-6-8-23-16(13)17(22)20-14/h4-6,8H,2-3,7,9H2,1H3,(H,19,20,22). The van der Waals surface area contributed by atoms with Crippen LogP contribution in [0.4, 0.5) is 10.1 Å². The number of aryl methyl sites for hydroxylation is 1. The quantitative estimate of drug-likeness (QED) is 0.784. The number of hydrogen-bond donors (Lipinski definition) is 1. The fourth-order valence-electron chi connectivity index (χ4n) is 3.30. The molecule has 0 radical (unpaired) electrons. The molecular formula is C17H16FN3OS. The molecule has 1 aliphatic heterocycles. The predicted molar refractivity (Wildman–Crippen MR) is 90.7 cm³/mol. The van der Waals surface area contributed by atoms with Crippen LogP contribution in [-0.4, -0.2) is 16.5 Å². The van der Waals surface area contributed by atoms with Crippen molar-refractivity contribution in [3.05, 3.63) is 56.7 Å². The lowest BCUT2D eigenvalue weighted by Gasteiger charge is -2.32. The molecule has 23 heavy (non-hydrogen) atoms. The molecule has 118 valence electrons. The minimum atomic E-state index is -0.148. The van der Waals surface area contributed by atoms with Gasteiger partial charge in [0, 0.05) is 17.8 Å². The van der Waals surface area contributed by atoms with Crippen LogP contribution in [0.15, 0.2) is 28.4 Å². The summed E-state index contributed by atoms with van der Waals surface area (Å²) in [6.45, 7) is 3.32. The maximum absolute atomic E-state index is 14.1. The Morgan fingerprint density at radius 1 is 1.39 bits per heavy atom. The smallest absolute Gasteiger partial charge is 0.268 e.